The lowest BCUT2D eigenvalue weighted by Gasteiger charge is -2.15. The van der Waals surface area contributed by atoms with Gasteiger partial charge in [0, 0.05) is 12.1 Å². The monoisotopic (exact) mass is 271 g/mol. The quantitative estimate of drug-likeness (QED) is 0.861. The zero-order valence-corrected chi connectivity index (χ0v) is 12.7. The Morgan fingerprint density at radius 1 is 1.00 bits per heavy atom. The molecule has 0 amide bonds. The number of benzene rings is 2. The molecule has 20 heavy (non-hydrogen) atoms. The van der Waals surface area contributed by atoms with E-state index in [0.29, 0.717) is 0 Å². The van der Waals surface area contributed by atoms with E-state index in [4.69, 9.17) is 0 Å². The molecule has 0 aliphatic rings. The van der Waals surface area contributed by atoms with Crippen LogP contribution in [0.1, 0.15) is 29.2 Å². The Morgan fingerprint density at radius 2 is 1.75 bits per heavy atom. The summed E-state index contributed by atoms with van der Waals surface area (Å²) in [4.78, 5) is 0. The predicted octanol–water partition coefficient (Wildman–Crippen LogP) is 4.53. The molecular formula is C18H22FN. The molecule has 0 bridgehead atoms. The van der Waals surface area contributed by atoms with Gasteiger partial charge in [-0.2, -0.15) is 0 Å². The molecule has 0 spiro atoms. The van der Waals surface area contributed by atoms with Gasteiger partial charge in [-0.15, -0.1) is 0 Å². The highest BCUT2D eigenvalue weighted by atomic mass is 19.1. The molecule has 0 fully saturated rings. The molecule has 0 saturated carbocycles. The predicted molar refractivity (Wildman–Crippen MR) is 83.4 cm³/mol. The minimum absolute atomic E-state index is 0.133. The Balaban J connectivity index is 2.59. The average Bonchev–Trinajstić information content (AvgIpc) is 2.36. The van der Waals surface area contributed by atoms with Crippen molar-refractivity contribution in [2.24, 2.45) is 0 Å². The van der Waals surface area contributed by atoms with E-state index in [0.717, 1.165) is 46.5 Å². The molecule has 2 rings (SSSR count). The lowest BCUT2D eigenvalue weighted by Crippen LogP contribution is -2.13. The number of aryl methyl sites for hydroxylation is 3. The molecule has 0 aliphatic carbocycles. The fraction of sp³-hybridized carbons (Fsp3) is 0.333. The van der Waals surface area contributed by atoms with E-state index < -0.39 is 0 Å². The van der Waals surface area contributed by atoms with Crippen LogP contribution in [0.2, 0.25) is 0 Å². The van der Waals surface area contributed by atoms with Crippen molar-refractivity contribution in [3.63, 3.8) is 0 Å². The summed E-state index contributed by atoms with van der Waals surface area (Å²) in [6, 6.07) is 9.90. The fourth-order valence-electron chi connectivity index (χ4n) is 2.59. The van der Waals surface area contributed by atoms with Gasteiger partial charge in [-0.25, -0.2) is 4.39 Å². The Hall–Kier alpha value is -1.67. The molecule has 0 unspecified atom stereocenters. The Bertz CT molecular complexity index is 594. The molecule has 0 atom stereocenters. The summed E-state index contributed by atoms with van der Waals surface area (Å²) in [5.74, 6) is -0.133. The molecule has 0 saturated heterocycles. The smallest absolute Gasteiger partial charge is 0.131 e. The second-order valence-electron chi connectivity index (χ2n) is 5.38. The molecule has 0 heterocycles. The van der Waals surface area contributed by atoms with Crippen LogP contribution in [0.4, 0.5) is 4.39 Å². The maximum atomic E-state index is 14.4. The van der Waals surface area contributed by atoms with Gasteiger partial charge >= 0.3 is 0 Å². The van der Waals surface area contributed by atoms with Gasteiger partial charge < -0.3 is 5.32 Å². The minimum Gasteiger partial charge on any atom is -0.313 e. The molecule has 0 aromatic heterocycles. The topological polar surface area (TPSA) is 12.0 Å². The Morgan fingerprint density at radius 3 is 2.40 bits per heavy atom. The third kappa shape index (κ3) is 3.07. The lowest BCUT2D eigenvalue weighted by atomic mass is 9.93. The highest BCUT2D eigenvalue weighted by Gasteiger charge is 2.13. The van der Waals surface area contributed by atoms with Gasteiger partial charge in [0.25, 0.3) is 0 Å². The van der Waals surface area contributed by atoms with Gasteiger partial charge in [0.2, 0.25) is 0 Å². The first-order chi connectivity index (χ1) is 9.52. The van der Waals surface area contributed by atoms with Gasteiger partial charge in [-0.1, -0.05) is 36.8 Å². The van der Waals surface area contributed by atoms with E-state index in [1.54, 1.807) is 6.07 Å². The Labute approximate surface area is 120 Å². The van der Waals surface area contributed by atoms with Gasteiger partial charge in [0.05, 0.1) is 0 Å². The molecular weight excluding hydrogens is 249 g/mol. The molecule has 2 aromatic rings. The number of hydrogen-bond donors (Lipinski definition) is 1. The van der Waals surface area contributed by atoms with Crippen molar-refractivity contribution in [2.75, 3.05) is 6.54 Å². The van der Waals surface area contributed by atoms with Crippen LogP contribution in [0, 0.1) is 26.6 Å². The molecule has 0 aliphatic heterocycles. The van der Waals surface area contributed by atoms with Crippen LogP contribution in [0.5, 0.6) is 0 Å². The van der Waals surface area contributed by atoms with Crippen LogP contribution >= 0.6 is 0 Å². The van der Waals surface area contributed by atoms with E-state index in [1.807, 2.05) is 26.8 Å². The maximum Gasteiger partial charge on any atom is 0.131 e. The summed E-state index contributed by atoms with van der Waals surface area (Å²) in [5, 5.41) is 3.32. The third-order valence-electron chi connectivity index (χ3n) is 3.53. The molecule has 2 heteroatoms. The first-order valence-corrected chi connectivity index (χ1v) is 7.10. The van der Waals surface area contributed by atoms with Crippen LogP contribution < -0.4 is 5.32 Å². The first-order valence-electron chi connectivity index (χ1n) is 7.10. The van der Waals surface area contributed by atoms with E-state index in [1.165, 1.54) is 0 Å². The summed E-state index contributed by atoms with van der Waals surface area (Å²) in [6.45, 7) is 9.69. The molecule has 2 aromatic carbocycles. The summed E-state index contributed by atoms with van der Waals surface area (Å²) in [7, 11) is 0. The lowest BCUT2D eigenvalue weighted by molar-refractivity contribution is 0.628. The van der Waals surface area contributed by atoms with Crippen LogP contribution in [-0.4, -0.2) is 6.54 Å². The normalized spacial score (nSPS) is 10.8. The van der Waals surface area contributed by atoms with Crippen molar-refractivity contribution < 1.29 is 4.39 Å². The average molecular weight is 271 g/mol. The zero-order valence-electron chi connectivity index (χ0n) is 12.7. The summed E-state index contributed by atoms with van der Waals surface area (Å²) < 4.78 is 14.4. The summed E-state index contributed by atoms with van der Waals surface area (Å²) in [6.07, 6.45) is 0. The zero-order chi connectivity index (χ0) is 14.7. The molecule has 1 N–H and O–H groups in total. The van der Waals surface area contributed by atoms with E-state index in [-0.39, 0.29) is 5.82 Å². The number of hydrogen-bond acceptors (Lipinski definition) is 1. The summed E-state index contributed by atoms with van der Waals surface area (Å²) in [5.41, 5.74) is 5.98. The minimum atomic E-state index is -0.133. The first kappa shape index (κ1) is 14.7. The van der Waals surface area contributed by atoms with Gasteiger partial charge in [-0.3, -0.25) is 0 Å². The number of rotatable bonds is 4. The molecule has 106 valence electrons. The van der Waals surface area contributed by atoms with Crippen LogP contribution in [0.25, 0.3) is 11.1 Å². The van der Waals surface area contributed by atoms with Gasteiger partial charge in [-0.05, 0) is 55.6 Å². The standard InChI is InChI=1S/C18H22FN/c1-5-20-11-15-7-6-12(2)9-16(15)18-14(4)8-13(3)10-17(18)19/h6-10,20H,5,11H2,1-4H3. The third-order valence-corrected chi connectivity index (χ3v) is 3.53. The highest BCUT2D eigenvalue weighted by Crippen LogP contribution is 2.31. The van der Waals surface area contributed by atoms with Crippen LogP contribution in [-0.2, 0) is 6.54 Å². The van der Waals surface area contributed by atoms with Crippen molar-refractivity contribution in [2.45, 2.75) is 34.2 Å². The van der Waals surface area contributed by atoms with E-state index >= 15 is 0 Å². The number of halogens is 1. The van der Waals surface area contributed by atoms with Gasteiger partial charge in [0.1, 0.15) is 5.82 Å². The van der Waals surface area contributed by atoms with E-state index in [9.17, 15) is 4.39 Å². The second kappa shape index (κ2) is 6.19. The van der Waals surface area contributed by atoms with Crippen LogP contribution in [0.15, 0.2) is 30.3 Å². The largest absolute Gasteiger partial charge is 0.313 e. The number of nitrogens with one attached hydrogen (secondary N) is 1. The Kier molecular flexibility index (Phi) is 4.56. The van der Waals surface area contributed by atoms with Crippen molar-refractivity contribution in [1.29, 1.82) is 0 Å². The van der Waals surface area contributed by atoms with Crippen molar-refractivity contribution in [3.8, 4) is 11.1 Å². The van der Waals surface area contributed by atoms with Crippen molar-refractivity contribution in [3.05, 3.63) is 58.4 Å². The van der Waals surface area contributed by atoms with Crippen molar-refractivity contribution >= 4 is 0 Å². The molecule has 0 radical (unpaired) electrons. The van der Waals surface area contributed by atoms with Crippen LogP contribution in [0.3, 0.4) is 0 Å². The molecule has 1 nitrogen and oxygen atoms in total. The fourth-order valence-corrected chi connectivity index (χ4v) is 2.59. The van der Waals surface area contributed by atoms with Crippen molar-refractivity contribution in [1.82, 2.24) is 5.32 Å². The van der Waals surface area contributed by atoms with Gasteiger partial charge in [0.15, 0.2) is 0 Å². The SMILES string of the molecule is CCNCc1ccc(C)cc1-c1c(C)cc(C)cc1F. The maximum absolute atomic E-state index is 14.4. The summed E-state index contributed by atoms with van der Waals surface area (Å²) >= 11 is 0. The van der Waals surface area contributed by atoms with E-state index in [2.05, 4.69) is 30.4 Å². The highest BCUT2D eigenvalue weighted by molar-refractivity contribution is 5.72. The second-order valence-corrected chi connectivity index (χ2v) is 5.38.